The van der Waals surface area contributed by atoms with E-state index in [0.717, 1.165) is 27.6 Å². The number of halogens is 3. The smallest absolute Gasteiger partial charge is 0.301 e. The van der Waals surface area contributed by atoms with Gasteiger partial charge in [-0.3, -0.25) is 9.52 Å². The van der Waals surface area contributed by atoms with Crippen LogP contribution in [0.4, 0.5) is 24.5 Å². The largest absolute Gasteiger partial charge is 0.398 e. The zero-order valence-electron chi connectivity index (χ0n) is 19.6. The molecule has 1 atom stereocenters. The third kappa shape index (κ3) is 4.53. The van der Waals surface area contributed by atoms with Gasteiger partial charge in [0.25, 0.3) is 0 Å². The molecule has 2 aromatic carbocycles. The predicted molar refractivity (Wildman–Crippen MR) is 134 cm³/mol. The molecule has 3 heterocycles. The number of anilines is 2. The molecule has 1 aliphatic rings. The van der Waals surface area contributed by atoms with Crippen molar-refractivity contribution in [3.8, 4) is 11.1 Å². The number of benzene rings is 2. The lowest BCUT2D eigenvalue weighted by Crippen LogP contribution is -2.34. The number of aromatic nitrogens is 2. The number of alkyl halides is 1. The maximum absolute atomic E-state index is 15.4. The maximum atomic E-state index is 15.4. The minimum Gasteiger partial charge on any atom is -0.398 e. The topological polar surface area (TPSA) is 121 Å². The van der Waals surface area contributed by atoms with E-state index in [-0.39, 0.29) is 25.1 Å². The number of hydrogen-bond acceptors (Lipinski definition) is 5. The summed E-state index contributed by atoms with van der Waals surface area (Å²) in [5.41, 5.74) is 7.55. The number of nitrogens with zero attached hydrogens (tertiary/aromatic N) is 2. The number of nitrogens with two attached hydrogens (primary N) is 1. The number of ketones is 1. The van der Waals surface area contributed by atoms with E-state index in [9.17, 15) is 22.0 Å². The molecule has 0 saturated carbocycles. The van der Waals surface area contributed by atoms with Crippen LogP contribution in [0.15, 0.2) is 48.8 Å². The molecule has 2 aromatic heterocycles. The van der Waals surface area contributed by atoms with Crippen LogP contribution < -0.4 is 10.5 Å². The van der Waals surface area contributed by atoms with Crippen molar-refractivity contribution in [1.82, 2.24) is 14.3 Å². The number of aryl methyl sites for hydroxylation is 1. The van der Waals surface area contributed by atoms with Crippen LogP contribution in [0.3, 0.4) is 0 Å². The number of H-pyrrole nitrogens is 1. The van der Waals surface area contributed by atoms with Gasteiger partial charge in [0.1, 0.15) is 17.6 Å². The number of pyridine rings is 1. The van der Waals surface area contributed by atoms with E-state index in [1.165, 1.54) is 6.20 Å². The molecule has 1 fully saturated rings. The van der Waals surface area contributed by atoms with Crippen molar-refractivity contribution in [2.45, 2.75) is 19.5 Å². The number of hydrogen-bond donors (Lipinski definition) is 3. The minimum atomic E-state index is -4.31. The van der Waals surface area contributed by atoms with Crippen LogP contribution in [-0.4, -0.2) is 47.7 Å². The number of carbonyl (C=O) groups is 1. The van der Waals surface area contributed by atoms with Crippen LogP contribution in [0.2, 0.25) is 0 Å². The first kappa shape index (κ1) is 24.8. The van der Waals surface area contributed by atoms with Crippen LogP contribution in [0, 0.1) is 18.6 Å². The molecule has 192 valence electrons. The highest BCUT2D eigenvalue weighted by molar-refractivity contribution is 7.90. The van der Waals surface area contributed by atoms with Crippen molar-refractivity contribution in [2.24, 2.45) is 0 Å². The van der Waals surface area contributed by atoms with Gasteiger partial charge in [-0.05, 0) is 48.7 Å². The number of rotatable bonds is 6. The zero-order chi connectivity index (χ0) is 26.5. The Labute approximate surface area is 210 Å². The van der Waals surface area contributed by atoms with E-state index >= 15 is 4.39 Å². The fourth-order valence-corrected chi connectivity index (χ4v) is 5.52. The Hall–Kier alpha value is -3.90. The van der Waals surface area contributed by atoms with Gasteiger partial charge in [0, 0.05) is 47.7 Å². The molecule has 0 amide bonds. The number of nitrogens with one attached hydrogen (secondary N) is 2. The van der Waals surface area contributed by atoms with E-state index in [4.69, 9.17) is 5.73 Å². The highest BCUT2D eigenvalue weighted by atomic mass is 32.2. The van der Waals surface area contributed by atoms with Crippen molar-refractivity contribution in [3.05, 3.63) is 77.1 Å². The Balaban J connectivity index is 1.52. The summed E-state index contributed by atoms with van der Waals surface area (Å²) in [6.07, 6.45) is 1.55. The molecule has 5 rings (SSSR count). The Kier molecular flexibility index (Phi) is 6.16. The number of nitrogen functional groups attached to an aromatic ring is 1. The molecule has 4 N–H and O–H groups in total. The van der Waals surface area contributed by atoms with Crippen molar-refractivity contribution < 1.29 is 26.4 Å². The van der Waals surface area contributed by atoms with Gasteiger partial charge in [-0.15, -0.1) is 0 Å². The highest BCUT2D eigenvalue weighted by Gasteiger charge is 2.33. The van der Waals surface area contributed by atoms with Gasteiger partial charge in [0.2, 0.25) is 5.78 Å². The monoisotopic (exact) mass is 529 g/mol. The molecular weight excluding hydrogens is 507 g/mol. The average Bonchev–Trinajstić information content (AvgIpc) is 3.49. The third-order valence-corrected chi connectivity index (χ3v) is 7.87. The summed E-state index contributed by atoms with van der Waals surface area (Å²) in [5.74, 6) is -3.55. The van der Waals surface area contributed by atoms with Gasteiger partial charge in [-0.2, -0.15) is 12.7 Å². The molecular formula is C25H22F3N5O3S. The van der Waals surface area contributed by atoms with E-state index in [0.29, 0.717) is 22.3 Å². The van der Waals surface area contributed by atoms with Crippen molar-refractivity contribution >= 4 is 38.4 Å². The molecule has 0 spiro atoms. The molecule has 0 bridgehead atoms. The maximum Gasteiger partial charge on any atom is 0.301 e. The Morgan fingerprint density at radius 1 is 1.19 bits per heavy atom. The number of fused-ring (bicyclic) bond motifs is 1. The van der Waals surface area contributed by atoms with Gasteiger partial charge >= 0.3 is 10.2 Å². The van der Waals surface area contributed by atoms with Gasteiger partial charge in [-0.25, -0.2) is 18.2 Å². The summed E-state index contributed by atoms with van der Waals surface area (Å²) in [6.45, 7) is 1.41. The summed E-state index contributed by atoms with van der Waals surface area (Å²) in [6, 6.07) is 8.75. The van der Waals surface area contributed by atoms with Crippen molar-refractivity contribution in [3.63, 3.8) is 0 Å². The molecule has 1 aliphatic heterocycles. The quantitative estimate of drug-likeness (QED) is 0.254. The third-order valence-electron chi connectivity index (χ3n) is 6.38. The molecule has 0 radical (unpaired) electrons. The summed E-state index contributed by atoms with van der Waals surface area (Å²) in [4.78, 5) is 20.5. The lowest BCUT2D eigenvalue weighted by Gasteiger charge is -2.18. The summed E-state index contributed by atoms with van der Waals surface area (Å²) < 4.78 is 71.6. The van der Waals surface area contributed by atoms with Gasteiger partial charge in [0.15, 0.2) is 5.82 Å². The standard InChI is InChI=1S/C25H22F3N5O3S/c1-13-2-3-14(9-20(13)29)15-8-17-18(11-31-25(17)30-10-15)24(34)22-19(27)4-5-21(23(22)28)32-37(35,36)33-7-6-16(26)12-33/h2-5,8-11,16,32H,6-7,12,29H2,1H3,(H,30,31)/t16-/m1/s1. The van der Waals surface area contributed by atoms with Crippen LogP contribution in [0.5, 0.6) is 0 Å². The number of carbonyl (C=O) groups excluding carboxylic acids is 1. The SMILES string of the molecule is Cc1ccc(-c2cnc3[nH]cc(C(=O)c4c(F)ccc(NS(=O)(=O)N5CC[C@@H](F)C5)c4F)c3c2)cc1N. The van der Waals surface area contributed by atoms with Gasteiger partial charge in [-0.1, -0.05) is 12.1 Å². The second-order valence-electron chi connectivity index (χ2n) is 8.86. The second-order valence-corrected chi connectivity index (χ2v) is 10.5. The molecule has 12 heteroatoms. The predicted octanol–water partition coefficient (Wildman–Crippen LogP) is 4.33. The first-order valence-electron chi connectivity index (χ1n) is 11.3. The van der Waals surface area contributed by atoms with Crippen molar-refractivity contribution in [2.75, 3.05) is 23.5 Å². The molecule has 37 heavy (non-hydrogen) atoms. The van der Waals surface area contributed by atoms with E-state index in [1.807, 2.05) is 23.8 Å². The van der Waals surface area contributed by atoms with Crippen LogP contribution in [0.25, 0.3) is 22.2 Å². The summed E-state index contributed by atoms with van der Waals surface area (Å²) in [5, 5.41) is 0.317. The van der Waals surface area contributed by atoms with Gasteiger partial charge < -0.3 is 10.7 Å². The Morgan fingerprint density at radius 3 is 2.68 bits per heavy atom. The number of aromatic amines is 1. The lowest BCUT2D eigenvalue weighted by molar-refractivity contribution is 0.103. The minimum absolute atomic E-state index is 0.0162. The summed E-state index contributed by atoms with van der Waals surface area (Å²) >= 11 is 0. The van der Waals surface area contributed by atoms with E-state index in [2.05, 4.69) is 9.97 Å². The fourth-order valence-electron chi connectivity index (χ4n) is 4.25. The second kappa shape index (κ2) is 9.20. The van der Waals surface area contributed by atoms with E-state index < -0.39 is 45.0 Å². The Bertz CT molecular complexity index is 1660. The molecule has 1 saturated heterocycles. The molecule has 8 nitrogen and oxygen atoms in total. The first-order chi connectivity index (χ1) is 17.5. The zero-order valence-corrected chi connectivity index (χ0v) is 20.4. The van der Waals surface area contributed by atoms with Crippen molar-refractivity contribution in [1.29, 1.82) is 0 Å². The molecule has 0 aliphatic carbocycles. The lowest BCUT2D eigenvalue weighted by atomic mass is 9.99. The highest BCUT2D eigenvalue weighted by Crippen LogP contribution is 2.31. The first-order valence-corrected chi connectivity index (χ1v) is 12.8. The van der Waals surface area contributed by atoms with Crippen LogP contribution in [0.1, 0.15) is 27.9 Å². The van der Waals surface area contributed by atoms with Crippen LogP contribution >= 0.6 is 0 Å². The summed E-state index contributed by atoms with van der Waals surface area (Å²) in [7, 11) is -4.31. The average molecular weight is 530 g/mol. The fraction of sp³-hybridized carbons (Fsp3) is 0.200. The van der Waals surface area contributed by atoms with Gasteiger partial charge in [0.05, 0.1) is 11.3 Å². The van der Waals surface area contributed by atoms with Crippen LogP contribution in [-0.2, 0) is 10.2 Å². The molecule has 4 aromatic rings. The molecule has 0 unspecified atom stereocenters. The normalized spacial score (nSPS) is 16.4. The van der Waals surface area contributed by atoms with E-state index in [1.54, 1.807) is 18.3 Å². The Morgan fingerprint density at radius 2 is 1.97 bits per heavy atom.